The SMILES string of the molecule is FC(F)(F)Oc1ccc(-n2cnc(-c3ccc(/C=N/NC(=S)Nc4ccc(Cl)cc4)cc3)n2)cc1. The number of thiocarbonyl (C=S) groups is 1. The van der Waals surface area contributed by atoms with Crippen LogP contribution in [0.4, 0.5) is 18.9 Å². The Kier molecular flexibility index (Phi) is 7.28. The molecule has 0 saturated carbocycles. The van der Waals surface area contributed by atoms with E-state index in [0.29, 0.717) is 21.6 Å². The molecule has 0 unspecified atom stereocenters. The highest BCUT2D eigenvalue weighted by molar-refractivity contribution is 7.80. The van der Waals surface area contributed by atoms with Crippen LogP contribution in [0.1, 0.15) is 5.56 Å². The van der Waals surface area contributed by atoms with Gasteiger partial charge in [0.2, 0.25) is 0 Å². The molecule has 4 aromatic rings. The van der Waals surface area contributed by atoms with Gasteiger partial charge >= 0.3 is 6.36 Å². The third kappa shape index (κ3) is 7.01. The van der Waals surface area contributed by atoms with Gasteiger partial charge in [0.15, 0.2) is 10.9 Å². The van der Waals surface area contributed by atoms with Gasteiger partial charge in [-0.05, 0) is 66.3 Å². The third-order valence-electron chi connectivity index (χ3n) is 4.48. The van der Waals surface area contributed by atoms with Gasteiger partial charge in [-0.1, -0.05) is 35.9 Å². The number of benzene rings is 3. The summed E-state index contributed by atoms with van der Waals surface area (Å²) in [5.41, 5.74) is 5.63. The zero-order valence-corrected chi connectivity index (χ0v) is 19.3. The van der Waals surface area contributed by atoms with Crippen LogP contribution in [0.5, 0.6) is 5.75 Å². The summed E-state index contributed by atoms with van der Waals surface area (Å²) in [6.45, 7) is 0. The summed E-state index contributed by atoms with van der Waals surface area (Å²) in [6, 6.07) is 19.7. The first-order valence-electron chi connectivity index (χ1n) is 9.99. The Hall–Kier alpha value is -3.96. The van der Waals surface area contributed by atoms with Crippen LogP contribution >= 0.6 is 23.8 Å². The molecule has 178 valence electrons. The Labute approximate surface area is 208 Å². The first kappa shape index (κ1) is 24.2. The lowest BCUT2D eigenvalue weighted by Crippen LogP contribution is -2.23. The second-order valence-corrected chi connectivity index (χ2v) is 7.85. The van der Waals surface area contributed by atoms with Crippen molar-refractivity contribution in [2.24, 2.45) is 5.10 Å². The Morgan fingerprint density at radius 1 is 1.00 bits per heavy atom. The van der Waals surface area contributed by atoms with Crippen molar-refractivity contribution in [2.45, 2.75) is 6.36 Å². The van der Waals surface area contributed by atoms with Gasteiger partial charge < -0.3 is 10.1 Å². The molecule has 0 spiro atoms. The van der Waals surface area contributed by atoms with Gasteiger partial charge in [-0.3, -0.25) is 5.43 Å². The van der Waals surface area contributed by atoms with E-state index in [1.165, 1.54) is 35.3 Å². The standard InChI is InChI=1S/C23H16ClF3N6OS/c24-17-5-7-18(8-6-17)30-22(35)31-29-13-15-1-3-16(4-2-15)21-28-14-33(32-21)19-9-11-20(12-10-19)34-23(25,26)27/h1-14H,(H2,30,31,35)/b29-13+. The van der Waals surface area contributed by atoms with E-state index in [0.717, 1.165) is 16.8 Å². The lowest BCUT2D eigenvalue weighted by molar-refractivity contribution is -0.274. The minimum absolute atomic E-state index is 0.310. The molecule has 1 heterocycles. The predicted molar refractivity (Wildman–Crippen MR) is 132 cm³/mol. The number of rotatable bonds is 6. The summed E-state index contributed by atoms with van der Waals surface area (Å²) < 4.78 is 42.3. The van der Waals surface area contributed by atoms with Crippen molar-refractivity contribution in [2.75, 3.05) is 5.32 Å². The molecule has 0 amide bonds. The van der Waals surface area contributed by atoms with Gasteiger partial charge in [-0.2, -0.15) is 5.10 Å². The summed E-state index contributed by atoms with van der Waals surface area (Å²) in [6.07, 6.45) is -1.66. The first-order chi connectivity index (χ1) is 16.7. The first-order valence-corrected chi connectivity index (χ1v) is 10.8. The van der Waals surface area contributed by atoms with Crippen LogP contribution in [0.2, 0.25) is 5.02 Å². The van der Waals surface area contributed by atoms with Crippen molar-refractivity contribution >= 4 is 40.8 Å². The van der Waals surface area contributed by atoms with Crippen molar-refractivity contribution in [3.8, 4) is 22.8 Å². The predicted octanol–water partition coefficient (Wildman–Crippen LogP) is 5.81. The van der Waals surface area contributed by atoms with Crippen LogP contribution in [0.25, 0.3) is 17.1 Å². The van der Waals surface area contributed by atoms with Crippen LogP contribution in [-0.2, 0) is 0 Å². The Morgan fingerprint density at radius 3 is 2.34 bits per heavy atom. The van der Waals surface area contributed by atoms with E-state index in [-0.39, 0.29) is 5.75 Å². The highest BCUT2D eigenvalue weighted by Gasteiger charge is 2.31. The molecule has 7 nitrogen and oxygen atoms in total. The molecule has 1 aromatic heterocycles. The topological polar surface area (TPSA) is 76.4 Å². The van der Waals surface area contributed by atoms with Gasteiger partial charge in [0.1, 0.15) is 12.1 Å². The highest BCUT2D eigenvalue weighted by Crippen LogP contribution is 2.24. The molecule has 4 rings (SSSR count). The van der Waals surface area contributed by atoms with E-state index >= 15 is 0 Å². The van der Waals surface area contributed by atoms with Crippen molar-refractivity contribution in [1.82, 2.24) is 20.2 Å². The molecular formula is C23H16ClF3N6OS. The van der Waals surface area contributed by atoms with E-state index in [4.69, 9.17) is 23.8 Å². The zero-order valence-electron chi connectivity index (χ0n) is 17.7. The Morgan fingerprint density at radius 2 is 1.69 bits per heavy atom. The van der Waals surface area contributed by atoms with Gasteiger partial charge in [-0.15, -0.1) is 18.3 Å². The summed E-state index contributed by atoms with van der Waals surface area (Å²) in [5, 5.41) is 12.4. The molecule has 35 heavy (non-hydrogen) atoms. The number of alkyl halides is 3. The summed E-state index contributed by atoms with van der Waals surface area (Å²) >= 11 is 11.1. The second-order valence-electron chi connectivity index (χ2n) is 7.01. The lowest BCUT2D eigenvalue weighted by atomic mass is 10.1. The number of nitrogens with zero attached hydrogens (tertiary/aromatic N) is 4. The van der Waals surface area contributed by atoms with Gasteiger partial charge in [-0.25, -0.2) is 9.67 Å². The average Bonchev–Trinajstić information content (AvgIpc) is 3.31. The number of hydrogen-bond acceptors (Lipinski definition) is 5. The van der Waals surface area contributed by atoms with E-state index in [1.807, 2.05) is 24.3 Å². The van der Waals surface area contributed by atoms with Crippen molar-refractivity contribution in [1.29, 1.82) is 0 Å². The molecular weight excluding hydrogens is 501 g/mol. The van der Waals surface area contributed by atoms with Gasteiger partial charge in [0.05, 0.1) is 11.9 Å². The van der Waals surface area contributed by atoms with Gasteiger partial charge in [0, 0.05) is 16.3 Å². The molecule has 3 aromatic carbocycles. The van der Waals surface area contributed by atoms with Crippen LogP contribution in [-0.4, -0.2) is 32.5 Å². The van der Waals surface area contributed by atoms with Crippen molar-refractivity contribution in [3.63, 3.8) is 0 Å². The maximum Gasteiger partial charge on any atom is 0.573 e. The normalized spacial score (nSPS) is 11.4. The molecule has 0 radical (unpaired) electrons. The Balaban J connectivity index is 1.34. The molecule has 0 aliphatic heterocycles. The molecule has 0 atom stereocenters. The van der Waals surface area contributed by atoms with Crippen LogP contribution < -0.4 is 15.5 Å². The summed E-state index contributed by atoms with van der Waals surface area (Å²) in [5.74, 6) is 0.144. The monoisotopic (exact) mass is 516 g/mol. The van der Waals surface area contributed by atoms with E-state index in [9.17, 15) is 13.2 Å². The van der Waals surface area contributed by atoms with Crippen LogP contribution in [0.15, 0.2) is 84.2 Å². The molecule has 0 fully saturated rings. The number of halogens is 4. The molecule has 0 aliphatic carbocycles. The van der Waals surface area contributed by atoms with Crippen molar-refractivity contribution < 1.29 is 17.9 Å². The van der Waals surface area contributed by atoms with E-state index in [2.05, 4.69) is 30.7 Å². The zero-order chi connectivity index (χ0) is 24.8. The maximum atomic E-state index is 12.3. The van der Waals surface area contributed by atoms with Crippen LogP contribution in [0, 0.1) is 0 Å². The summed E-state index contributed by atoms with van der Waals surface area (Å²) in [7, 11) is 0. The maximum absolute atomic E-state index is 12.3. The summed E-state index contributed by atoms with van der Waals surface area (Å²) in [4.78, 5) is 4.27. The largest absolute Gasteiger partial charge is 0.573 e. The van der Waals surface area contributed by atoms with Crippen molar-refractivity contribution in [3.05, 3.63) is 89.7 Å². The molecule has 0 bridgehead atoms. The number of aromatic nitrogens is 3. The lowest BCUT2D eigenvalue weighted by Gasteiger charge is -2.09. The molecule has 12 heteroatoms. The smallest absolute Gasteiger partial charge is 0.406 e. The minimum Gasteiger partial charge on any atom is -0.406 e. The minimum atomic E-state index is -4.74. The Bertz CT molecular complexity index is 1320. The average molecular weight is 517 g/mol. The highest BCUT2D eigenvalue weighted by atomic mass is 35.5. The fourth-order valence-corrected chi connectivity index (χ4v) is 3.19. The molecule has 0 aliphatic rings. The number of anilines is 1. The fraction of sp³-hybridized carbons (Fsp3) is 0.0435. The third-order valence-corrected chi connectivity index (χ3v) is 4.92. The number of nitrogens with one attached hydrogen (secondary N) is 2. The second kappa shape index (κ2) is 10.5. The van der Waals surface area contributed by atoms with E-state index in [1.54, 1.807) is 30.5 Å². The fourth-order valence-electron chi connectivity index (χ4n) is 2.90. The van der Waals surface area contributed by atoms with Gasteiger partial charge in [0.25, 0.3) is 0 Å². The quantitative estimate of drug-likeness (QED) is 0.191. The number of hydrogen-bond donors (Lipinski definition) is 2. The molecule has 2 N–H and O–H groups in total. The van der Waals surface area contributed by atoms with Crippen LogP contribution in [0.3, 0.4) is 0 Å². The number of hydrazone groups is 1. The van der Waals surface area contributed by atoms with E-state index < -0.39 is 6.36 Å². The number of ether oxygens (including phenoxy) is 1. The molecule has 0 saturated heterocycles.